The number of hydrogen-bond acceptors (Lipinski definition) is 8. The van der Waals surface area contributed by atoms with Gasteiger partial charge in [-0.1, -0.05) is 12.1 Å². The molecule has 0 aromatic heterocycles. The molecule has 0 saturated carbocycles. The fraction of sp³-hybridized carbons (Fsp3) is 0.238. The van der Waals surface area contributed by atoms with Crippen LogP contribution in [0.5, 0.6) is 5.75 Å². The van der Waals surface area contributed by atoms with E-state index in [0.717, 1.165) is 6.26 Å². The third kappa shape index (κ3) is 7.92. The Labute approximate surface area is 191 Å². The highest BCUT2D eigenvalue weighted by Gasteiger charge is 2.28. The second kappa shape index (κ2) is 10.6. The van der Waals surface area contributed by atoms with Crippen LogP contribution in [0.2, 0.25) is 0 Å². The molecule has 0 aliphatic rings. The Hall–Kier alpha value is -3.93. The molecule has 12 heteroatoms. The number of amides is 1. The molecule has 0 heterocycles. The summed E-state index contributed by atoms with van der Waals surface area (Å²) >= 11 is 0. The predicted octanol–water partition coefficient (Wildman–Crippen LogP) is 1.28. The first-order valence-electron chi connectivity index (χ1n) is 9.52. The van der Waals surface area contributed by atoms with Crippen molar-refractivity contribution >= 4 is 39.6 Å². The zero-order valence-corrected chi connectivity index (χ0v) is 19.0. The summed E-state index contributed by atoms with van der Waals surface area (Å²) < 4.78 is 32.5. The standard InChI is InChI=1S/C21H24N4O7S/c1-25(2)18(26)12-17(20(28)32-33(3,29)30)13-6-10-16(11-7-13)31-19(27)14-4-8-15(9-5-14)24-21(22)23/h4-11,17H,12H2,1-3H3,(H4,22,23,24). The highest BCUT2D eigenvalue weighted by molar-refractivity contribution is 7.86. The maximum Gasteiger partial charge on any atom is 0.343 e. The van der Waals surface area contributed by atoms with Crippen molar-refractivity contribution in [3.8, 4) is 5.75 Å². The highest BCUT2D eigenvalue weighted by Crippen LogP contribution is 2.26. The minimum Gasteiger partial charge on any atom is -0.423 e. The van der Waals surface area contributed by atoms with Crippen LogP contribution in [0.3, 0.4) is 0 Å². The van der Waals surface area contributed by atoms with E-state index >= 15 is 0 Å². The highest BCUT2D eigenvalue weighted by atomic mass is 32.2. The van der Waals surface area contributed by atoms with Crippen molar-refractivity contribution in [1.29, 1.82) is 5.41 Å². The Kier molecular flexibility index (Phi) is 8.13. The summed E-state index contributed by atoms with van der Waals surface area (Å²) in [6.45, 7) is 0. The van der Waals surface area contributed by atoms with Crippen molar-refractivity contribution in [2.45, 2.75) is 12.3 Å². The molecule has 0 radical (unpaired) electrons. The molecule has 0 saturated heterocycles. The number of hydrogen-bond donors (Lipinski definition) is 3. The summed E-state index contributed by atoms with van der Waals surface area (Å²) in [6.07, 6.45) is 0.433. The van der Waals surface area contributed by atoms with Crippen LogP contribution in [0.25, 0.3) is 0 Å². The number of ether oxygens (including phenoxy) is 1. The number of nitrogens with two attached hydrogens (primary N) is 1. The van der Waals surface area contributed by atoms with Gasteiger partial charge in [-0.2, -0.15) is 8.42 Å². The van der Waals surface area contributed by atoms with Crippen LogP contribution in [-0.4, -0.2) is 57.5 Å². The first kappa shape index (κ1) is 25.3. The fourth-order valence-electron chi connectivity index (χ4n) is 2.68. The molecule has 0 bridgehead atoms. The lowest BCUT2D eigenvalue weighted by molar-refractivity contribution is -0.139. The predicted molar refractivity (Wildman–Crippen MR) is 120 cm³/mol. The van der Waals surface area contributed by atoms with Gasteiger partial charge in [0.1, 0.15) is 5.75 Å². The van der Waals surface area contributed by atoms with Crippen LogP contribution in [0.15, 0.2) is 48.5 Å². The van der Waals surface area contributed by atoms with Crippen LogP contribution in [0.1, 0.15) is 28.3 Å². The van der Waals surface area contributed by atoms with Gasteiger partial charge in [-0.05, 0) is 42.0 Å². The smallest absolute Gasteiger partial charge is 0.343 e. The van der Waals surface area contributed by atoms with Crippen molar-refractivity contribution in [1.82, 2.24) is 4.90 Å². The van der Waals surface area contributed by atoms with Gasteiger partial charge in [0, 0.05) is 26.2 Å². The first-order chi connectivity index (χ1) is 15.4. The number of nitrogens with zero attached hydrogens (tertiary/aromatic N) is 1. The molecule has 11 nitrogen and oxygen atoms in total. The number of guanidine groups is 1. The number of nitrogens with one attached hydrogen (secondary N) is 2. The zero-order chi connectivity index (χ0) is 24.8. The van der Waals surface area contributed by atoms with Crippen molar-refractivity contribution in [2.24, 2.45) is 5.73 Å². The Morgan fingerprint density at radius 1 is 1.06 bits per heavy atom. The molecule has 2 aromatic carbocycles. The average molecular weight is 477 g/mol. The topological polar surface area (TPSA) is 169 Å². The van der Waals surface area contributed by atoms with E-state index in [2.05, 4.69) is 9.50 Å². The summed E-state index contributed by atoms with van der Waals surface area (Å²) in [7, 11) is -1.05. The number of carbonyl (C=O) groups excluding carboxylic acids is 3. The van der Waals surface area contributed by atoms with E-state index in [-0.39, 0.29) is 23.7 Å². The Morgan fingerprint density at radius 3 is 2.12 bits per heavy atom. The summed E-state index contributed by atoms with van der Waals surface area (Å²) in [4.78, 5) is 38.1. The maximum atomic E-state index is 12.4. The van der Waals surface area contributed by atoms with Gasteiger partial charge in [0.25, 0.3) is 0 Å². The molecule has 176 valence electrons. The fourth-order valence-corrected chi connectivity index (χ4v) is 3.10. The lowest BCUT2D eigenvalue weighted by Crippen LogP contribution is -2.28. The van der Waals surface area contributed by atoms with Crippen LogP contribution in [0, 0.1) is 5.41 Å². The van der Waals surface area contributed by atoms with E-state index in [0.29, 0.717) is 11.3 Å². The molecule has 0 aliphatic heterocycles. The largest absolute Gasteiger partial charge is 0.423 e. The first-order valence-corrected chi connectivity index (χ1v) is 11.3. The van der Waals surface area contributed by atoms with Crippen molar-refractivity contribution in [3.63, 3.8) is 0 Å². The SMILES string of the molecule is CN(C)C(=O)CC(C(=O)OS(C)(=O)=O)c1ccc(OC(=O)c2ccc(NC(=N)N)cc2)cc1. The Bertz CT molecular complexity index is 1140. The van der Waals surface area contributed by atoms with Gasteiger partial charge in [-0.3, -0.25) is 15.0 Å². The minimum absolute atomic E-state index is 0.170. The van der Waals surface area contributed by atoms with E-state index in [1.807, 2.05) is 0 Å². The number of carbonyl (C=O) groups is 3. The third-order valence-electron chi connectivity index (χ3n) is 4.29. The molecule has 0 fully saturated rings. The van der Waals surface area contributed by atoms with Crippen molar-refractivity contribution in [2.75, 3.05) is 25.7 Å². The van der Waals surface area contributed by atoms with E-state index in [1.54, 1.807) is 12.1 Å². The van der Waals surface area contributed by atoms with Gasteiger partial charge in [0.15, 0.2) is 5.96 Å². The average Bonchev–Trinajstić information content (AvgIpc) is 2.71. The summed E-state index contributed by atoms with van der Waals surface area (Å²) in [5.74, 6) is -3.37. The molecular weight excluding hydrogens is 452 g/mol. The molecule has 2 aromatic rings. The van der Waals surface area contributed by atoms with Crippen molar-refractivity contribution in [3.05, 3.63) is 59.7 Å². The number of benzene rings is 2. The number of rotatable bonds is 8. The Morgan fingerprint density at radius 2 is 1.64 bits per heavy atom. The molecular formula is C21H24N4O7S. The Balaban J connectivity index is 2.17. The molecule has 1 unspecified atom stereocenters. The molecule has 1 atom stereocenters. The third-order valence-corrected chi connectivity index (χ3v) is 4.76. The maximum absolute atomic E-state index is 12.4. The number of anilines is 1. The summed E-state index contributed by atoms with van der Waals surface area (Å²) in [5.41, 5.74) is 6.35. The summed E-state index contributed by atoms with van der Waals surface area (Å²) in [5, 5.41) is 9.78. The summed E-state index contributed by atoms with van der Waals surface area (Å²) in [6, 6.07) is 11.8. The molecule has 33 heavy (non-hydrogen) atoms. The van der Waals surface area contributed by atoms with E-state index in [1.165, 1.54) is 55.4 Å². The van der Waals surface area contributed by atoms with Gasteiger partial charge in [0.2, 0.25) is 5.91 Å². The lowest BCUT2D eigenvalue weighted by atomic mass is 9.95. The van der Waals surface area contributed by atoms with Gasteiger partial charge < -0.3 is 24.9 Å². The van der Waals surface area contributed by atoms with Gasteiger partial charge in [0.05, 0.1) is 17.7 Å². The van der Waals surface area contributed by atoms with Gasteiger partial charge >= 0.3 is 22.1 Å². The van der Waals surface area contributed by atoms with Crippen LogP contribution < -0.4 is 15.8 Å². The van der Waals surface area contributed by atoms with E-state index < -0.39 is 33.9 Å². The quantitative estimate of drug-likeness (QED) is 0.167. The van der Waals surface area contributed by atoms with E-state index in [9.17, 15) is 22.8 Å². The normalized spacial score (nSPS) is 11.7. The van der Waals surface area contributed by atoms with Crippen LogP contribution in [0.4, 0.5) is 5.69 Å². The monoisotopic (exact) mass is 476 g/mol. The molecule has 1 amide bonds. The van der Waals surface area contributed by atoms with Crippen LogP contribution in [-0.2, 0) is 23.9 Å². The second-order valence-corrected chi connectivity index (χ2v) is 8.80. The molecule has 2 rings (SSSR count). The lowest BCUT2D eigenvalue weighted by Gasteiger charge is -2.18. The number of esters is 1. The van der Waals surface area contributed by atoms with E-state index in [4.69, 9.17) is 15.9 Å². The second-order valence-electron chi connectivity index (χ2n) is 7.23. The molecule has 4 N–H and O–H groups in total. The van der Waals surface area contributed by atoms with Crippen molar-refractivity contribution < 1.29 is 31.7 Å². The van der Waals surface area contributed by atoms with Gasteiger partial charge in [-0.25, -0.2) is 4.79 Å². The molecule has 0 spiro atoms. The zero-order valence-electron chi connectivity index (χ0n) is 18.2. The minimum atomic E-state index is -4.06. The van der Waals surface area contributed by atoms with Crippen LogP contribution >= 0.6 is 0 Å². The molecule has 0 aliphatic carbocycles. The van der Waals surface area contributed by atoms with Gasteiger partial charge in [-0.15, -0.1) is 0 Å².